The molecule has 0 aliphatic carbocycles. The van der Waals surface area contributed by atoms with E-state index in [1.54, 1.807) is 6.26 Å². The van der Waals surface area contributed by atoms with Gasteiger partial charge in [-0.15, -0.1) is 0 Å². The summed E-state index contributed by atoms with van der Waals surface area (Å²) in [6, 6.07) is 14.1. The Morgan fingerprint density at radius 1 is 1.15 bits per heavy atom. The molecule has 0 radical (unpaired) electrons. The first-order valence-electron chi connectivity index (χ1n) is 9.20. The summed E-state index contributed by atoms with van der Waals surface area (Å²) in [4.78, 5) is 14.4. The minimum Gasteiger partial charge on any atom is -0.469 e. The minimum atomic E-state index is 0.216. The highest BCUT2D eigenvalue weighted by Gasteiger charge is 2.26. The van der Waals surface area contributed by atoms with Crippen LogP contribution in [0.5, 0.6) is 0 Å². The predicted octanol–water partition coefficient (Wildman–Crippen LogP) is 4.01. The van der Waals surface area contributed by atoms with Crippen molar-refractivity contribution in [2.24, 2.45) is 0 Å². The second-order valence-corrected chi connectivity index (χ2v) is 6.80. The molecule has 2 aromatic heterocycles. The van der Waals surface area contributed by atoms with Crippen LogP contribution in [0, 0.1) is 0 Å². The average Bonchev–Trinajstić information content (AvgIpc) is 3.39. The molecule has 0 unspecified atom stereocenters. The number of amides is 1. The molecule has 1 aromatic carbocycles. The highest BCUT2D eigenvalue weighted by atomic mass is 16.3. The van der Waals surface area contributed by atoms with Crippen molar-refractivity contribution in [3.63, 3.8) is 0 Å². The van der Waals surface area contributed by atoms with Crippen LogP contribution in [-0.4, -0.2) is 34.1 Å². The molecule has 5 nitrogen and oxygen atoms in total. The second-order valence-electron chi connectivity index (χ2n) is 6.80. The van der Waals surface area contributed by atoms with E-state index in [0.717, 1.165) is 31.7 Å². The van der Waals surface area contributed by atoms with Crippen molar-refractivity contribution in [2.45, 2.75) is 31.6 Å². The van der Waals surface area contributed by atoms with Crippen LogP contribution in [0.2, 0.25) is 0 Å². The number of aryl methyl sites for hydroxylation is 1. The topological polar surface area (TPSA) is 62.1 Å². The van der Waals surface area contributed by atoms with Crippen molar-refractivity contribution < 1.29 is 9.21 Å². The first-order valence-corrected chi connectivity index (χ1v) is 9.20. The van der Waals surface area contributed by atoms with Crippen LogP contribution in [0.1, 0.15) is 36.6 Å². The van der Waals surface area contributed by atoms with Crippen LogP contribution in [0.3, 0.4) is 0 Å². The molecule has 1 amide bonds. The average molecular weight is 349 g/mol. The molecule has 1 aliphatic heterocycles. The van der Waals surface area contributed by atoms with E-state index in [0.29, 0.717) is 18.8 Å². The molecule has 0 spiro atoms. The number of hydrogen-bond donors (Lipinski definition) is 1. The Morgan fingerprint density at radius 3 is 2.69 bits per heavy atom. The number of aromatic nitrogens is 2. The summed E-state index contributed by atoms with van der Waals surface area (Å²) in [5, 5.41) is 7.47. The first kappa shape index (κ1) is 16.6. The van der Waals surface area contributed by atoms with Gasteiger partial charge in [0.25, 0.3) is 0 Å². The van der Waals surface area contributed by atoms with Gasteiger partial charge in [-0.1, -0.05) is 30.3 Å². The van der Waals surface area contributed by atoms with Gasteiger partial charge < -0.3 is 9.32 Å². The molecule has 1 fully saturated rings. The van der Waals surface area contributed by atoms with Crippen LogP contribution in [0.25, 0.3) is 11.1 Å². The molecular formula is C21H23N3O2. The summed E-state index contributed by atoms with van der Waals surface area (Å²) < 4.78 is 5.31. The third-order valence-electron chi connectivity index (χ3n) is 5.17. The third kappa shape index (κ3) is 3.57. The number of hydrogen-bond acceptors (Lipinski definition) is 3. The van der Waals surface area contributed by atoms with Gasteiger partial charge in [0.2, 0.25) is 5.91 Å². The minimum absolute atomic E-state index is 0.216. The fourth-order valence-corrected chi connectivity index (χ4v) is 3.72. The highest BCUT2D eigenvalue weighted by molar-refractivity contribution is 5.76. The summed E-state index contributed by atoms with van der Waals surface area (Å²) >= 11 is 0. The fraction of sp³-hybridized carbons (Fsp3) is 0.333. The number of piperidine rings is 1. The van der Waals surface area contributed by atoms with Crippen LogP contribution in [0.4, 0.5) is 0 Å². The Balaban J connectivity index is 1.35. The number of furan rings is 1. The summed E-state index contributed by atoms with van der Waals surface area (Å²) in [6.45, 7) is 1.60. The van der Waals surface area contributed by atoms with E-state index in [1.165, 1.54) is 16.8 Å². The van der Waals surface area contributed by atoms with Crippen molar-refractivity contribution >= 4 is 5.91 Å². The number of rotatable bonds is 5. The predicted molar refractivity (Wildman–Crippen MR) is 99.6 cm³/mol. The van der Waals surface area contributed by atoms with Gasteiger partial charge in [0.1, 0.15) is 5.76 Å². The summed E-state index contributed by atoms with van der Waals surface area (Å²) in [5.41, 5.74) is 3.56. The molecule has 1 saturated heterocycles. The molecule has 5 heteroatoms. The number of carbonyl (C=O) groups is 1. The van der Waals surface area contributed by atoms with Gasteiger partial charge in [0, 0.05) is 43.1 Å². The molecular weight excluding hydrogens is 326 g/mol. The van der Waals surface area contributed by atoms with E-state index in [4.69, 9.17) is 4.42 Å². The number of H-pyrrole nitrogens is 1. The molecule has 26 heavy (non-hydrogen) atoms. The van der Waals surface area contributed by atoms with Gasteiger partial charge in [0.15, 0.2) is 0 Å². The van der Waals surface area contributed by atoms with Gasteiger partial charge >= 0.3 is 0 Å². The standard InChI is InChI=1S/C21H23N3O2/c25-20(9-8-18-7-4-14-26-18)24-12-10-17(11-13-24)21-19(15-22-23-21)16-5-2-1-3-6-16/h1-7,14-15,17H,8-13H2,(H,22,23). The van der Waals surface area contributed by atoms with Gasteiger partial charge in [-0.05, 0) is 30.5 Å². The highest BCUT2D eigenvalue weighted by Crippen LogP contribution is 2.33. The summed E-state index contributed by atoms with van der Waals surface area (Å²) in [5.74, 6) is 1.51. The van der Waals surface area contributed by atoms with E-state index in [9.17, 15) is 4.79 Å². The van der Waals surface area contributed by atoms with Crippen molar-refractivity contribution in [2.75, 3.05) is 13.1 Å². The normalized spacial score (nSPS) is 15.3. The van der Waals surface area contributed by atoms with E-state index < -0.39 is 0 Å². The molecule has 0 saturated carbocycles. The lowest BCUT2D eigenvalue weighted by Crippen LogP contribution is -2.38. The van der Waals surface area contributed by atoms with Gasteiger partial charge in [0.05, 0.1) is 12.5 Å². The van der Waals surface area contributed by atoms with E-state index in [-0.39, 0.29) is 5.91 Å². The molecule has 3 heterocycles. The van der Waals surface area contributed by atoms with Crippen molar-refractivity contribution in [1.82, 2.24) is 15.1 Å². The molecule has 0 bridgehead atoms. The second kappa shape index (κ2) is 7.60. The van der Waals surface area contributed by atoms with E-state index in [1.807, 2.05) is 41.4 Å². The van der Waals surface area contributed by atoms with E-state index >= 15 is 0 Å². The number of carbonyl (C=O) groups excluding carboxylic acids is 1. The molecule has 4 rings (SSSR count). The lowest BCUT2D eigenvalue weighted by atomic mass is 9.89. The number of nitrogens with one attached hydrogen (secondary N) is 1. The monoisotopic (exact) mass is 349 g/mol. The van der Waals surface area contributed by atoms with Crippen LogP contribution >= 0.6 is 0 Å². The number of aromatic amines is 1. The zero-order chi connectivity index (χ0) is 17.8. The van der Waals surface area contributed by atoms with Crippen molar-refractivity contribution in [3.8, 4) is 11.1 Å². The van der Waals surface area contributed by atoms with Gasteiger partial charge in [-0.3, -0.25) is 9.89 Å². The maximum atomic E-state index is 12.4. The van der Waals surface area contributed by atoms with Crippen LogP contribution < -0.4 is 0 Å². The Labute approximate surface area is 153 Å². The van der Waals surface area contributed by atoms with Gasteiger partial charge in [-0.2, -0.15) is 5.10 Å². The first-order chi connectivity index (χ1) is 12.8. The quantitative estimate of drug-likeness (QED) is 0.757. The lowest BCUT2D eigenvalue weighted by Gasteiger charge is -2.32. The van der Waals surface area contributed by atoms with Gasteiger partial charge in [-0.25, -0.2) is 0 Å². The molecule has 0 atom stereocenters. The van der Waals surface area contributed by atoms with Crippen LogP contribution in [0.15, 0.2) is 59.3 Å². The molecule has 3 aromatic rings. The zero-order valence-electron chi connectivity index (χ0n) is 14.7. The number of nitrogens with zero attached hydrogens (tertiary/aromatic N) is 2. The third-order valence-corrected chi connectivity index (χ3v) is 5.17. The van der Waals surface area contributed by atoms with Crippen LogP contribution in [-0.2, 0) is 11.2 Å². The summed E-state index contributed by atoms with van der Waals surface area (Å²) in [6.07, 6.45) is 6.68. The molecule has 1 N–H and O–H groups in total. The number of benzene rings is 1. The Bertz CT molecular complexity index is 831. The molecule has 1 aliphatic rings. The largest absolute Gasteiger partial charge is 0.469 e. The Hall–Kier alpha value is -2.82. The summed E-state index contributed by atoms with van der Waals surface area (Å²) in [7, 11) is 0. The maximum Gasteiger partial charge on any atom is 0.223 e. The molecule has 134 valence electrons. The van der Waals surface area contributed by atoms with Crippen molar-refractivity contribution in [3.05, 3.63) is 66.4 Å². The lowest BCUT2D eigenvalue weighted by molar-refractivity contribution is -0.132. The van der Waals surface area contributed by atoms with Crippen molar-refractivity contribution in [1.29, 1.82) is 0 Å². The smallest absolute Gasteiger partial charge is 0.223 e. The number of likely N-dealkylation sites (tertiary alicyclic amines) is 1. The Kier molecular flexibility index (Phi) is 4.86. The zero-order valence-corrected chi connectivity index (χ0v) is 14.7. The SMILES string of the molecule is O=C(CCc1ccco1)N1CCC(c2[nH]ncc2-c2ccccc2)CC1. The maximum absolute atomic E-state index is 12.4. The Morgan fingerprint density at radius 2 is 1.96 bits per heavy atom. The fourth-order valence-electron chi connectivity index (χ4n) is 3.72. The van der Waals surface area contributed by atoms with E-state index in [2.05, 4.69) is 22.3 Å².